The zero-order valence-electron chi connectivity index (χ0n) is 16.5. The lowest BCUT2D eigenvalue weighted by Gasteiger charge is -2.25. The Morgan fingerprint density at radius 3 is 2.40 bits per heavy atom. The summed E-state index contributed by atoms with van der Waals surface area (Å²) in [4.78, 5) is 15.5. The van der Waals surface area contributed by atoms with Crippen LogP contribution < -0.4 is 9.62 Å². The molecule has 0 fully saturated rings. The topological polar surface area (TPSA) is 69.7 Å². The number of anilines is 1. The van der Waals surface area contributed by atoms with Gasteiger partial charge in [-0.3, -0.25) is 4.79 Å². The maximum atomic E-state index is 13.2. The molecular weight excluding hydrogens is 419 g/mol. The van der Waals surface area contributed by atoms with Crippen LogP contribution >= 0.6 is 0 Å². The van der Waals surface area contributed by atoms with Crippen LogP contribution in [0, 0.1) is 0 Å². The van der Waals surface area contributed by atoms with E-state index in [9.17, 15) is 26.4 Å². The Morgan fingerprint density at radius 2 is 1.70 bits per heavy atom. The van der Waals surface area contributed by atoms with Gasteiger partial charge in [0.25, 0.3) is 0 Å². The summed E-state index contributed by atoms with van der Waals surface area (Å²) in [5, 5.41) is 0. The molecule has 3 rings (SSSR count). The fraction of sp³-hybridized carbons (Fsp3) is 0.350. The third-order valence-electron chi connectivity index (χ3n) is 4.97. The first-order chi connectivity index (χ1) is 14.0. The fourth-order valence-electron chi connectivity index (χ4n) is 3.44. The summed E-state index contributed by atoms with van der Waals surface area (Å²) < 4.78 is 67.0. The molecule has 0 saturated heterocycles. The highest BCUT2D eigenvalue weighted by Crippen LogP contribution is 2.34. The minimum absolute atomic E-state index is 0.282. The second-order valence-electron chi connectivity index (χ2n) is 7.15. The first-order valence-corrected chi connectivity index (χ1v) is 10.8. The van der Waals surface area contributed by atoms with Gasteiger partial charge in [0.1, 0.15) is 0 Å². The molecule has 0 bridgehead atoms. The summed E-state index contributed by atoms with van der Waals surface area (Å²) in [5.74, 6) is -0.506. The number of likely N-dealkylation sites (N-methyl/N-ethyl adjacent to an activating group) is 1. The predicted molar refractivity (Wildman–Crippen MR) is 106 cm³/mol. The normalized spacial score (nSPS) is 16.0. The van der Waals surface area contributed by atoms with E-state index in [0.717, 1.165) is 23.4 Å². The zero-order chi connectivity index (χ0) is 22.1. The number of para-hydroxylation sites is 1. The third-order valence-corrected chi connectivity index (χ3v) is 6.56. The number of hydrogen-bond donors (Lipinski definition) is 1. The van der Waals surface area contributed by atoms with E-state index in [1.165, 1.54) is 17.9 Å². The van der Waals surface area contributed by atoms with Crippen molar-refractivity contribution in [2.45, 2.75) is 30.6 Å². The summed E-state index contributed by atoms with van der Waals surface area (Å²) in [6, 6.07) is 10.2. The monoisotopic (exact) mass is 441 g/mol. The number of fused-ring (bicyclic) bond motifs is 1. The van der Waals surface area contributed by atoms with Crippen LogP contribution in [0.3, 0.4) is 0 Å². The van der Waals surface area contributed by atoms with E-state index in [-0.39, 0.29) is 6.54 Å². The average molecular weight is 441 g/mol. The van der Waals surface area contributed by atoms with Crippen LogP contribution in [-0.2, 0) is 27.5 Å². The third kappa shape index (κ3) is 4.59. The van der Waals surface area contributed by atoms with Gasteiger partial charge in [0, 0.05) is 32.4 Å². The number of halogens is 3. The number of hydrogen-bond acceptors (Lipinski definition) is 4. The van der Waals surface area contributed by atoms with Crippen molar-refractivity contribution in [3.05, 3.63) is 59.7 Å². The Hall–Kier alpha value is -2.59. The highest BCUT2D eigenvalue weighted by molar-refractivity contribution is 7.89. The van der Waals surface area contributed by atoms with Crippen molar-refractivity contribution in [2.75, 3.05) is 25.0 Å². The molecule has 162 valence electrons. The molecule has 1 heterocycles. The molecule has 1 N–H and O–H groups in total. The molecule has 0 saturated carbocycles. The van der Waals surface area contributed by atoms with Gasteiger partial charge >= 0.3 is 6.18 Å². The summed E-state index contributed by atoms with van der Waals surface area (Å²) in [7, 11) is -2.67. The van der Waals surface area contributed by atoms with Crippen molar-refractivity contribution in [1.29, 1.82) is 0 Å². The average Bonchev–Trinajstić information content (AvgIpc) is 2.86. The van der Waals surface area contributed by atoms with Gasteiger partial charge < -0.3 is 9.80 Å². The number of sulfonamides is 1. The zero-order valence-corrected chi connectivity index (χ0v) is 17.3. The minimum Gasteiger partial charge on any atom is -0.373 e. The van der Waals surface area contributed by atoms with Gasteiger partial charge in [-0.2, -0.15) is 17.9 Å². The Kier molecular flexibility index (Phi) is 6.09. The maximum Gasteiger partial charge on any atom is 0.417 e. The van der Waals surface area contributed by atoms with Crippen LogP contribution in [0.1, 0.15) is 18.1 Å². The van der Waals surface area contributed by atoms with E-state index >= 15 is 0 Å². The lowest BCUT2D eigenvalue weighted by molar-refractivity contribution is -0.139. The van der Waals surface area contributed by atoms with Gasteiger partial charge in [-0.25, -0.2) is 8.42 Å². The van der Waals surface area contributed by atoms with E-state index in [2.05, 4.69) is 4.72 Å². The molecule has 2 aromatic rings. The van der Waals surface area contributed by atoms with Gasteiger partial charge in [0.15, 0.2) is 0 Å². The molecule has 2 aromatic carbocycles. The van der Waals surface area contributed by atoms with Crippen molar-refractivity contribution in [2.24, 2.45) is 0 Å². The predicted octanol–water partition coefficient (Wildman–Crippen LogP) is 2.85. The van der Waals surface area contributed by atoms with Crippen molar-refractivity contribution in [1.82, 2.24) is 9.62 Å². The number of benzene rings is 2. The number of nitrogens with zero attached hydrogens (tertiary/aromatic N) is 2. The summed E-state index contributed by atoms with van der Waals surface area (Å²) >= 11 is 0. The fourth-order valence-corrected chi connectivity index (χ4v) is 4.86. The quantitative estimate of drug-likeness (QED) is 0.792. The molecule has 0 radical (unpaired) electrons. The molecule has 1 amide bonds. The van der Waals surface area contributed by atoms with Gasteiger partial charge in [-0.1, -0.05) is 30.3 Å². The number of nitrogens with one attached hydrogen (secondary N) is 1. The van der Waals surface area contributed by atoms with E-state index in [1.54, 1.807) is 0 Å². The molecule has 0 aliphatic carbocycles. The Morgan fingerprint density at radius 1 is 1.07 bits per heavy atom. The maximum absolute atomic E-state index is 13.2. The van der Waals surface area contributed by atoms with Gasteiger partial charge in [-0.15, -0.1) is 0 Å². The van der Waals surface area contributed by atoms with E-state index in [1.807, 2.05) is 36.2 Å². The number of rotatable bonds is 4. The summed E-state index contributed by atoms with van der Waals surface area (Å²) in [6.45, 7) is 2.51. The van der Waals surface area contributed by atoms with Gasteiger partial charge in [0.05, 0.1) is 16.5 Å². The standard InChI is InChI=1S/C20H22F3N3O3S/c1-14(24-30(28,29)18-10-6-4-8-16(18)20(21,22)23)19(27)26-12-11-25(2)17-9-5-3-7-15(17)13-26/h3-10,14,24H,11-13H2,1-2H3/t14-/m0/s1. The lowest BCUT2D eigenvalue weighted by Crippen LogP contribution is -2.47. The second-order valence-corrected chi connectivity index (χ2v) is 8.83. The van der Waals surface area contributed by atoms with E-state index < -0.39 is 38.6 Å². The van der Waals surface area contributed by atoms with Crippen molar-refractivity contribution >= 4 is 21.6 Å². The van der Waals surface area contributed by atoms with Crippen molar-refractivity contribution < 1.29 is 26.4 Å². The van der Waals surface area contributed by atoms with Gasteiger partial charge in [0.2, 0.25) is 15.9 Å². The molecule has 1 aliphatic rings. The molecule has 0 unspecified atom stereocenters. The molecule has 0 aromatic heterocycles. The van der Waals surface area contributed by atoms with Crippen LogP contribution in [0.5, 0.6) is 0 Å². The van der Waals surface area contributed by atoms with E-state index in [4.69, 9.17) is 0 Å². The highest BCUT2D eigenvalue weighted by Gasteiger charge is 2.38. The Balaban J connectivity index is 1.81. The lowest BCUT2D eigenvalue weighted by atomic mass is 10.1. The van der Waals surface area contributed by atoms with Crippen LogP contribution in [0.4, 0.5) is 18.9 Å². The summed E-state index contributed by atoms with van der Waals surface area (Å²) in [5.41, 5.74) is 0.603. The van der Waals surface area contributed by atoms with Crippen LogP contribution in [0.15, 0.2) is 53.4 Å². The first-order valence-electron chi connectivity index (χ1n) is 9.27. The molecule has 1 aliphatic heterocycles. The summed E-state index contributed by atoms with van der Waals surface area (Å²) in [6.07, 6.45) is -4.84. The SMILES string of the molecule is C[C@H](NS(=O)(=O)c1ccccc1C(F)(F)F)C(=O)N1CCN(C)c2ccccc2C1. The molecule has 6 nitrogen and oxygen atoms in total. The molecule has 30 heavy (non-hydrogen) atoms. The number of alkyl halides is 3. The Bertz CT molecular complexity index is 1040. The molecular formula is C20H22F3N3O3S. The molecule has 1 atom stereocenters. The number of carbonyl (C=O) groups excluding carboxylic acids is 1. The highest BCUT2D eigenvalue weighted by atomic mass is 32.2. The smallest absolute Gasteiger partial charge is 0.373 e. The van der Waals surface area contributed by atoms with Crippen LogP contribution in [-0.4, -0.2) is 45.4 Å². The van der Waals surface area contributed by atoms with Crippen LogP contribution in [0.2, 0.25) is 0 Å². The van der Waals surface area contributed by atoms with Crippen LogP contribution in [0.25, 0.3) is 0 Å². The Labute approximate surface area is 173 Å². The first kappa shape index (κ1) is 22.1. The molecule has 10 heteroatoms. The second kappa shape index (κ2) is 8.27. The number of amides is 1. The van der Waals surface area contributed by atoms with Crippen molar-refractivity contribution in [3.63, 3.8) is 0 Å². The molecule has 0 spiro atoms. The van der Waals surface area contributed by atoms with Gasteiger partial charge in [-0.05, 0) is 30.7 Å². The van der Waals surface area contributed by atoms with E-state index in [0.29, 0.717) is 19.2 Å². The minimum atomic E-state index is -4.84. The number of carbonyl (C=O) groups is 1. The van der Waals surface area contributed by atoms with Crippen molar-refractivity contribution in [3.8, 4) is 0 Å². The largest absolute Gasteiger partial charge is 0.417 e.